The number of carbonyl (C=O) groups excluding carboxylic acids is 1. The van der Waals surface area contributed by atoms with Crippen LogP contribution in [0, 0.1) is 0 Å². The lowest BCUT2D eigenvalue weighted by Crippen LogP contribution is -2.42. The number of nitrogens with one attached hydrogen (secondary N) is 2. The van der Waals surface area contributed by atoms with E-state index in [0.717, 1.165) is 6.54 Å². The third-order valence-corrected chi connectivity index (χ3v) is 2.25. The summed E-state index contributed by atoms with van der Waals surface area (Å²) in [5, 5.41) is 5.61. The molecule has 1 heterocycles. The van der Waals surface area contributed by atoms with E-state index in [1.807, 2.05) is 19.0 Å². The van der Waals surface area contributed by atoms with Gasteiger partial charge in [0.05, 0.1) is 6.04 Å². The van der Waals surface area contributed by atoms with E-state index in [9.17, 15) is 9.18 Å². The number of hydrogen-bond acceptors (Lipinski definition) is 3. The summed E-state index contributed by atoms with van der Waals surface area (Å²) >= 11 is 0. The Labute approximate surface area is 83.8 Å². The van der Waals surface area contributed by atoms with Gasteiger partial charge in [0.2, 0.25) is 5.91 Å². The van der Waals surface area contributed by atoms with Gasteiger partial charge in [-0.25, -0.2) is 4.39 Å². The molecule has 5 heteroatoms. The Morgan fingerprint density at radius 2 is 2.36 bits per heavy atom. The van der Waals surface area contributed by atoms with E-state index < -0.39 is 6.17 Å². The molecule has 2 atom stereocenters. The van der Waals surface area contributed by atoms with Gasteiger partial charge in [-0.15, -0.1) is 0 Å². The van der Waals surface area contributed by atoms with Crippen molar-refractivity contribution in [3.05, 3.63) is 0 Å². The lowest BCUT2D eigenvalue weighted by Gasteiger charge is -2.13. The maximum absolute atomic E-state index is 12.7. The summed E-state index contributed by atoms with van der Waals surface area (Å²) in [7, 11) is 3.88. The lowest BCUT2D eigenvalue weighted by molar-refractivity contribution is -0.122. The van der Waals surface area contributed by atoms with Crippen LogP contribution < -0.4 is 10.6 Å². The highest BCUT2D eigenvalue weighted by atomic mass is 19.1. The standard InChI is InChI=1S/C9H18FN3O/c1-13(2)4-3-11-9(14)8-5-7(10)6-12-8/h7-8,12H,3-6H2,1-2H3,(H,11,14)/t7-,8?/m1/s1. The highest BCUT2D eigenvalue weighted by Gasteiger charge is 2.28. The van der Waals surface area contributed by atoms with Crippen LogP contribution in [0.5, 0.6) is 0 Å². The molecule has 82 valence electrons. The Bertz CT molecular complexity index is 198. The van der Waals surface area contributed by atoms with Crippen LogP contribution in [-0.2, 0) is 4.79 Å². The summed E-state index contributed by atoms with van der Waals surface area (Å²) in [4.78, 5) is 13.4. The molecule has 2 N–H and O–H groups in total. The zero-order valence-corrected chi connectivity index (χ0v) is 8.72. The molecule has 0 aromatic rings. The average Bonchev–Trinajstić information content (AvgIpc) is 2.51. The fraction of sp³-hybridized carbons (Fsp3) is 0.889. The number of likely N-dealkylation sites (N-methyl/N-ethyl adjacent to an activating group) is 1. The Balaban J connectivity index is 2.15. The Morgan fingerprint density at radius 1 is 1.64 bits per heavy atom. The molecule has 1 aliphatic rings. The van der Waals surface area contributed by atoms with Crippen molar-refractivity contribution in [2.24, 2.45) is 0 Å². The van der Waals surface area contributed by atoms with E-state index >= 15 is 0 Å². The topological polar surface area (TPSA) is 44.4 Å². The van der Waals surface area contributed by atoms with Crippen molar-refractivity contribution in [1.29, 1.82) is 0 Å². The molecule has 1 aliphatic heterocycles. The van der Waals surface area contributed by atoms with Gasteiger partial charge in [-0.05, 0) is 14.1 Å². The number of hydrogen-bond donors (Lipinski definition) is 2. The van der Waals surface area contributed by atoms with Crippen LogP contribution in [0.3, 0.4) is 0 Å². The highest BCUT2D eigenvalue weighted by molar-refractivity contribution is 5.82. The first-order chi connectivity index (χ1) is 6.59. The molecule has 0 radical (unpaired) electrons. The third-order valence-electron chi connectivity index (χ3n) is 2.25. The molecule has 14 heavy (non-hydrogen) atoms. The molecule has 0 aromatic heterocycles. The van der Waals surface area contributed by atoms with Gasteiger partial charge in [0.1, 0.15) is 6.17 Å². The third kappa shape index (κ3) is 3.59. The first-order valence-electron chi connectivity index (χ1n) is 4.89. The van der Waals surface area contributed by atoms with Crippen LogP contribution in [0.25, 0.3) is 0 Å². The molecule has 0 aromatic carbocycles. The molecule has 0 bridgehead atoms. The van der Waals surface area contributed by atoms with Gasteiger partial charge < -0.3 is 15.5 Å². The van der Waals surface area contributed by atoms with E-state index in [-0.39, 0.29) is 11.9 Å². The van der Waals surface area contributed by atoms with Crippen molar-refractivity contribution in [1.82, 2.24) is 15.5 Å². The van der Waals surface area contributed by atoms with E-state index in [0.29, 0.717) is 19.5 Å². The fourth-order valence-corrected chi connectivity index (χ4v) is 1.42. The lowest BCUT2D eigenvalue weighted by atomic mass is 10.2. The Kier molecular flexibility index (Phi) is 4.28. The Hall–Kier alpha value is -0.680. The SMILES string of the molecule is CN(C)CCNC(=O)C1C[C@@H](F)CN1. The predicted molar refractivity (Wildman–Crippen MR) is 52.9 cm³/mol. The second-order valence-electron chi connectivity index (χ2n) is 3.89. The summed E-state index contributed by atoms with van der Waals surface area (Å²) in [6, 6.07) is -0.341. The monoisotopic (exact) mass is 203 g/mol. The number of alkyl halides is 1. The molecule has 1 amide bonds. The maximum atomic E-state index is 12.7. The minimum atomic E-state index is -0.875. The molecule has 1 rings (SSSR count). The van der Waals surface area contributed by atoms with Crippen LogP contribution in [0.4, 0.5) is 4.39 Å². The fourth-order valence-electron chi connectivity index (χ4n) is 1.42. The quantitative estimate of drug-likeness (QED) is 0.639. The van der Waals surface area contributed by atoms with Gasteiger partial charge in [0, 0.05) is 26.1 Å². The first-order valence-corrected chi connectivity index (χ1v) is 4.89. The number of nitrogens with zero attached hydrogens (tertiary/aromatic N) is 1. The summed E-state index contributed by atoms with van der Waals surface area (Å²) in [6.45, 7) is 1.71. The molecular weight excluding hydrogens is 185 g/mol. The van der Waals surface area contributed by atoms with E-state index in [1.165, 1.54) is 0 Å². The first kappa shape index (κ1) is 11.4. The normalized spacial score (nSPS) is 26.9. The molecular formula is C9H18FN3O. The van der Waals surface area contributed by atoms with Crippen LogP contribution >= 0.6 is 0 Å². The molecule has 1 unspecified atom stereocenters. The van der Waals surface area contributed by atoms with Gasteiger partial charge in [-0.2, -0.15) is 0 Å². The zero-order chi connectivity index (χ0) is 10.6. The summed E-state index contributed by atoms with van der Waals surface area (Å²) in [5.74, 6) is -0.0907. The van der Waals surface area contributed by atoms with Crippen molar-refractivity contribution in [3.8, 4) is 0 Å². The van der Waals surface area contributed by atoms with E-state index in [2.05, 4.69) is 10.6 Å². The molecule has 1 saturated heterocycles. The average molecular weight is 203 g/mol. The van der Waals surface area contributed by atoms with E-state index in [4.69, 9.17) is 0 Å². The summed E-state index contributed by atoms with van der Waals surface area (Å²) in [6.07, 6.45) is -0.576. The summed E-state index contributed by atoms with van der Waals surface area (Å²) < 4.78 is 12.7. The van der Waals surface area contributed by atoms with Crippen molar-refractivity contribution in [2.45, 2.75) is 18.6 Å². The van der Waals surface area contributed by atoms with Crippen LogP contribution in [0.15, 0.2) is 0 Å². The van der Waals surface area contributed by atoms with Crippen molar-refractivity contribution >= 4 is 5.91 Å². The number of amides is 1. The van der Waals surface area contributed by atoms with Gasteiger partial charge >= 0.3 is 0 Å². The second kappa shape index (κ2) is 5.26. The van der Waals surface area contributed by atoms with Crippen molar-refractivity contribution in [3.63, 3.8) is 0 Å². The number of halogens is 1. The molecule has 0 aliphatic carbocycles. The van der Waals surface area contributed by atoms with Crippen LogP contribution in [-0.4, -0.2) is 56.8 Å². The molecule has 0 spiro atoms. The molecule has 4 nitrogen and oxygen atoms in total. The Morgan fingerprint density at radius 3 is 2.86 bits per heavy atom. The van der Waals surface area contributed by atoms with Crippen LogP contribution in [0.1, 0.15) is 6.42 Å². The highest BCUT2D eigenvalue weighted by Crippen LogP contribution is 2.09. The summed E-state index contributed by atoms with van der Waals surface area (Å²) in [5.41, 5.74) is 0. The van der Waals surface area contributed by atoms with Crippen molar-refractivity contribution in [2.75, 3.05) is 33.7 Å². The zero-order valence-electron chi connectivity index (χ0n) is 8.72. The largest absolute Gasteiger partial charge is 0.353 e. The minimum Gasteiger partial charge on any atom is -0.353 e. The van der Waals surface area contributed by atoms with Crippen LogP contribution in [0.2, 0.25) is 0 Å². The van der Waals surface area contributed by atoms with Gasteiger partial charge in [0.15, 0.2) is 0 Å². The van der Waals surface area contributed by atoms with Gasteiger partial charge in [-0.3, -0.25) is 4.79 Å². The number of carbonyl (C=O) groups is 1. The van der Waals surface area contributed by atoms with Crippen molar-refractivity contribution < 1.29 is 9.18 Å². The number of rotatable bonds is 4. The maximum Gasteiger partial charge on any atom is 0.237 e. The van der Waals surface area contributed by atoms with Gasteiger partial charge in [-0.1, -0.05) is 0 Å². The smallest absolute Gasteiger partial charge is 0.237 e. The molecule has 0 saturated carbocycles. The van der Waals surface area contributed by atoms with E-state index in [1.54, 1.807) is 0 Å². The molecule has 1 fully saturated rings. The predicted octanol–water partition coefficient (Wildman–Crippen LogP) is -0.636. The minimum absolute atomic E-state index is 0.0907. The second-order valence-corrected chi connectivity index (χ2v) is 3.89. The van der Waals surface area contributed by atoms with Gasteiger partial charge in [0.25, 0.3) is 0 Å².